The maximum Gasteiger partial charge on any atom is 0.288 e. The Balaban J connectivity index is 1.65. The molecule has 0 aliphatic heterocycles. The van der Waals surface area contributed by atoms with E-state index in [2.05, 4.69) is 5.32 Å². The molecule has 0 heterocycles. The predicted octanol–water partition coefficient (Wildman–Crippen LogP) is 5.69. The van der Waals surface area contributed by atoms with Gasteiger partial charge in [-0.3, -0.25) is 14.9 Å². The summed E-state index contributed by atoms with van der Waals surface area (Å²) in [5.74, 6) is 1.53. The Hall–Kier alpha value is -3.58. The second-order valence-corrected chi connectivity index (χ2v) is 6.32. The molecule has 148 valence electrons. The maximum atomic E-state index is 12.3. The Morgan fingerprint density at radius 1 is 1.00 bits per heavy atom. The van der Waals surface area contributed by atoms with Crippen molar-refractivity contribution in [2.75, 3.05) is 11.9 Å². The molecule has 29 heavy (non-hydrogen) atoms. The Kier molecular flexibility index (Phi) is 6.31. The van der Waals surface area contributed by atoms with Crippen LogP contribution in [0.2, 0.25) is 5.02 Å². The summed E-state index contributed by atoms with van der Waals surface area (Å²) in [6.07, 6.45) is 0. The van der Waals surface area contributed by atoms with Crippen LogP contribution >= 0.6 is 11.6 Å². The second kappa shape index (κ2) is 9.07. The van der Waals surface area contributed by atoms with Crippen LogP contribution in [-0.2, 0) is 0 Å². The smallest absolute Gasteiger partial charge is 0.288 e. The van der Waals surface area contributed by atoms with Gasteiger partial charge in [-0.2, -0.15) is 0 Å². The highest BCUT2D eigenvalue weighted by Crippen LogP contribution is 2.27. The number of halogens is 1. The number of rotatable bonds is 7. The number of nitrogens with zero attached hydrogens (tertiary/aromatic N) is 1. The SMILES string of the molecule is CCOc1ccc(Oc2ccc(NC(=O)c3ccc(Cl)c([N+](=O)[O-])c3)cc2)cc1. The van der Waals surface area contributed by atoms with Crippen molar-refractivity contribution in [3.63, 3.8) is 0 Å². The van der Waals surface area contributed by atoms with Gasteiger partial charge in [-0.15, -0.1) is 0 Å². The highest BCUT2D eigenvalue weighted by Gasteiger charge is 2.16. The molecule has 0 radical (unpaired) electrons. The fourth-order valence-corrected chi connectivity index (χ4v) is 2.70. The first-order chi connectivity index (χ1) is 14.0. The average Bonchev–Trinajstić information content (AvgIpc) is 2.71. The average molecular weight is 413 g/mol. The number of nitrogens with one attached hydrogen (secondary N) is 1. The molecule has 0 spiro atoms. The van der Waals surface area contributed by atoms with Crippen LogP contribution < -0.4 is 14.8 Å². The summed E-state index contributed by atoms with van der Waals surface area (Å²) in [5, 5.41) is 13.6. The highest BCUT2D eigenvalue weighted by molar-refractivity contribution is 6.32. The topological polar surface area (TPSA) is 90.7 Å². The first-order valence-corrected chi connectivity index (χ1v) is 9.10. The molecule has 3 aromatic rings. The van der Waals surface area contributed by atoms with Gasteiger partial charge in [0.1, 0.15) is 22.3 Å². The van der Waals surface area contributed by atoms with E-state index in [0.717, 1.165) is 11.8 Å². The van der Waals surface area contributed by atoms with Crippen molar-refractivity contribution in [1.29, 1.82) is 0 Å². The van der Waals surface area contributed by atoms with Crippen LogP contribution in [0.4, 0.5) is 11.4 Å². The van der Waals surface area contributed by atoms with Crippen LogP contribution in [0.15, 0.2) is 66.7 Å². The number of hydrogen-bond acceptors (Lipinski definition) is 5. The molecule has 7 nitrogen and oxygen atoms in total. The molecule has 3 aromatic carbocycles. The third-order valence-corrected chi connectivity index (χ3v) is 4.21. The number of hydrogen-bond donors (Lipinski definition) is 1. The molecule has 0 saturated heterocycles. The number of anilines is 1. The lowest BCUT2D eigenvalue weighted by Crippen LogP contribution is -2.12. The highest BCUT2D eigenvalue weighted by atomic mass is 35.5. The van der Waals surface area contributed by atoms with Crippen molar-refractivity contribution in [3.05, 3.63) is 87.4 Å². The molecule has 0 unspecified atom stereocenters. The minimum absolute atomic E-state index is 0.0256. The minimum Gasteiger partial charge on any atom is -0.494 e. The lowest BCUT2D eigenvalue weighted by atomic mass is 10.2. The number of benzene rings is 3. The van der Waals surface area contributed by atoms with Crippen LogP contribution in [0.25, 0.3) is 0 Å². The van der Waals surface area contributed by atoms with Gasteiger partial charge in [0.05, 0.1) is 11.5 Å². The third kappa shape index (κ3) is 5.24. The quantitative estimate of drug-likeness (QED) is 0.397. The zero-order valence-corrected chi connectivity index (χ0v) is 16.2. The maximum absolute atomic E-state index is 12.3. The predicted molar refractivity (Wildman–Crippen MR) is 110 cm³/mol. The Morgan fingerprint density at radius 2 is 1.59 bits per heavy atom. The standard InChI is InChI=1S/C21H17ClN2O5/c1-2-28-16-8-10-18(11-9-16)29-17-6-4-15(5-7-17)23-21(25)14-3-12-19(22)20(13-14)24(26)27/h3-13H,2H2,1H3,(H,23,25). The summed E-state index contributed by atoms with van der Waals surface area (Å²) < 4.78 is 11.1. The molecule has 0 aliphatic carbocycles. The molecule has 0 bridgehead atoms. The van der Waals surface area contributed by atoms with Gasteiger partial charge in [0.25, 0.3) is 11.6 Å². The number of amides is 1. The third-order valence-electron chi connectivity index (χ3n) is 3.89. The zero-order valence-electron chi connectivity index (χ0n) is 15.4. The zero-order chi connectivity index (χ0) is 20.8. The number of carbonyl (C=O) groups is 1. The van der Waals surface area contributed by atoms with Crippen LogP contribution in [0, 0.1) is 10.1 Å². The molecule has 3 rings (SSSR count). The molecule has 0 aliphatic rings. The first-order valence-electron chi connectivity index (χ1n) is 8.72. The fourth-order valence-electron chi connectivity index (χ4n) is 2.51. The second-order valence-electron chi connectivity index (χ2n) is 5.91. The van der Waals surface area contributed by atoms with E-state index < -0.39 is 10.8 Å². The number of ether oxygens (including phenoxy) is 2. The molecule has 0 atom stereocenters. The van der Waals surface area contributed by atoms with Gasteiger partial charge in [-0.25, -0.2) is 0 Å². The molecular weight excluding hydrogens is 396 g/mol. The molecular formula is C21H17ClN2O5. The van der Waals surface area contributed by atoms with E-state index >= 15 is 0 Å². The Labute approximate surface area is 172 Å². The molecule has 1 amide bonds. The van der Waals surface area contributed by atoms with Crippen molar-refractivity contribution in [3.8, 4) is 17.2 Å². The van der Waals surface area contributed by atoms with Crippen LogP contribution in [0.1, 0.15) is 17.3 Å². The van der Waals surface area contributed by atoms with Crippen LogP contribution in [0.3, 0.4) is 0 Å². The monoisotopic (exact) mass is 412 g/mol. The molecule has 0 saturated carbocycles. The Bertz CT molecular complexity index is 1020. The molecule has 0 fully saturated rings. The van der Waals surface area contributed by atoms with E-state index in [1.54, 1.807) is 36.4 Å². The van der Waals surface area contributed by atoms with Crippen molar-refractivity contribution in [2.45, 2.75) is 6.92 Å². The summed E-state index contributed by atoms with van der Waals surface area (Å²) in [6, 6.07) is 17.9. The summed E-state index contributed by atoms with van der Waals surface area (Å²) in [6.45, 7) is 2.51. The van der Waals surface area contributed by atoms with Gasteiger partial charge in [-0.05, 0) is 67.6 Å². The van der Waals surface area contributed by atoms with E-state index in [1.807, 2.05) is 19.1 Å². The van der Waals surface area contributed by atoms with Gasteiger partial charge in [0.15, 0.2) is 0 Å². The van der Waals surface area contributed by atoms with Gasteiger partial charge in [-0.1, -0.05) is 11.6 Å². The van der Waals surface area contributed by atoms with E-state index in [1.165, 1.54) is 12.1 Å². The van der Waals surface area contributed by atoms with Crippen LogP contribution in [-0.4, -0.2) is 17.4 Å². The molecule has 1 N–H and O–H groups in total. The normalized spacial score (nSPS) is 10.3. The largest absolute Gasteiger partial charge is 0.494 e. The van der Waals surface area contributed by atoms with Crippen LogP contribution in [0.5, 0.6) is 17.2 Å². The lowest BCUT2D eigenvalue weighted by Gasteiger charge is -2.09. The fraction of sp³-hybridized carbons (Fsp3) is 0.0952. The minimum atomic E-state index is -0.633. The summed E-state index contributed by atoms with van der Waals surface area (Å²) >= 11 is 5.77. The summed E-state index contributed by atoms with van der Waals surface area (Å²) in [4.78, 5) is 22.7. The van der Waals surface area contributed by atoms with E-state index in [0.29, 0.717) is 23.8 Å². The van der Waals surface area contributed by atoms with Crippen molar-refractivity contribution in [1.82, 2.24) is 0 Å². The van der Waals surface area contributed by atoms with Gasteiger partial charge in [0.2, 0.25) is 0 Å². The molecule has 8 heteroatoms. The van der Waals surface area contributed by atoms with Gasteiger partial charge >= 0.3 is 0 Å². The summed E-state index contributed by atoms with van der Waals surface area (Å²) in [5.41, 5.74) is 0.334. The van der Waals surface area contributed by atoms with Crippen molar-refractivity contribution >= 4 is 28.9 Å². The van der Waals surface area contributed by atoms with Crippen molar-refractivity contribution in [2.24, 2.45) is 0 Å². The van der Waals surface area contributed by atoms with Gasteiger partial charge < -0.3 is 14.8 Å². The number of nitro groups is 1. The van der Waals surface area contributed by atoms with Gasteiger partial charge in [0, 0.05) is 17.3 Å². The Morgan fingerprint density at radius 3 is 2.17 bits per heavy atom. The van der Waals surface area contributed by atoms with E-state index in [-0.39, 0.29) is 16.3 Å². The van der Waals surface area contributed by atoms with E-state index in [9.17, 15) is 14.9 Å². The lowest BCUT2D eigenvalue weighted by molar-refractivity contribution is -0.384. The molecule has 0 aromatic heterocycles. The van der Waals surface area contributed by atoms with E-state index in [4.69, 9.17) is 21.1 Å². The number of carbonyl (C=O) groups excluding carboxylic acids is 1. The summed E-state index contributed by atoms with van der Waals surface area (Å²) in [7, 11) is 0. The van der Waals surface area contributed by atoms with Crippen molar-refractivity contribution < 1.29 is 19.2 Å². The number of nitro benzene ring substituents is 1. The first kappa shape index (κ1) is 20.2.